The van der Waals surface area contributed by atoms with Crippen molar-refractivity contribution in [3.05, 3.63) is 5.82 Å². The van der Waals surface area contributed by atoms with Gasteiger partial charge in [0.25, 0.3) is 0 Å². The van der Waals surface area contributed by atoms with Crippen molar-refractivity contribution in [1.82, 2.24) is 20.2 Å². The molecule has 0 aliphatic rings. The molecule has 0 spiro atoms. The van der Waals surface area contributed by atoms with E-state index in [1.807, 2.05) is 0 Å². The van der Waals surface area contributed by atoms with Crippen LogP contribution in [0.15, 0.2) is 0 Å². The van der Waals surface area contributed by atoms with Crippen LogP contribution in [0, 0.1) is 0 Å². The third-order valence-electron chi connectivity index (χ3n) is 1.38. The summed E-state index contributed by atoms with van der Waals surface area (Å²) in [5.41, 5.74) is 5.68. The predicted octanol–water partition coefficient (Wildman–Crippen LogP) is -1.27. The second-order valence-corrected chi connectivity index (χ2v) is 2.61. The van der Waals surface area contributed by atoms with Gasteiger partial charge in [-0.3, -0.25) is 0 Å². The van der Waals surface area contributed by atoms with Crippen LogP contribution in [-0.4, -0.2) is 40.0 Å². The fraction of sp³-hybridized carbons (Fsp3) is 0.833. The molecule has 6 heteroatoms. The fourth-order valence-corrected chi connectivity index (χ4v) is 0.913. The Morgan fingerprint density at radius 3 is 2.92 bits per heavy atom. The number of tetrazole rings is 1. The van der Waals surface area contributed by atoms with Crippen molar-refractivity contribution in [3.8, 4) is 0 Å². The highest BCUT2D eigenvalue weighted by atomic mass is 16.5. The maximum absolute atomic E-state index is 5.68. The highest BCUT2D eigenvalue weighted by molar-refractivity contribution is 4.82. The fourth-order valence-electron chi connectivity index (χ4n) is 0.913. The molecule has 0 aliphatic carbocycles. The molecule has 0 aliphatic heterocycles. The molecule has 12 heavy (non-hydrogen) atoms. The van der Waals surface area contributed by atoms with E-state index in [2.05, 4.69) is 15.4 Å². The minimum atomic E-state index is -0.0563. The molecule has 1 unspecified atom stereocenters. The summed E-state index contributed by atoms with van der Waals surface area (Å²) in [6.07, 6.45) is 0.599. The first-order chi connectivity index (χ1) is 5.72. The zero-order valence-corrected chi connectivity index (χ0v) is 7.27. The lowest BCUT2D eigenvalue weighted by Crippen LogP contribution is -2.28. The van der Waals surface area contributed by atoms with Crippen LogP contribution in [-0.2, 0) is 18.2 Å². The Morgan fingerprint density at radius 1 is 1.67 bits per heavy atom. The Morgan fingerprint density at radius 2 is 2.42 bits per heavy atom. The van der Waals surface area contributed by atoms with E-state index in [9.17, 15) is 0 Å². The number of nitrogens with zero attached hydrogens (tertiary/aromatic N) is 4. The third-order valence-corrected chi connectivity index (χ3v) is 1.38. The molecule has 6 nitrogen and oxygen atoms in total. The second kappa shape index (κ2) is 4.13. The number of hydrogen-bond donors (Lipinski definition) is 1. The van der Waals surface area contributed by atoms with E-state index < -0.39 is 0 Å². The SMILES string of the molecule is COCC(N)Cc1nnn(C)n1. The van der Waals surface area contributed by atoms with Crippen molar-refractivity contribution >= 4 is 0 Å². The molecule has 0 fully saturated rings. The number of aryl methyl sites for hydroxylation is 1. The minimum Gasteiger partial charge on any atom is -0.383 e. The van der Waals surface area contributed by atoms with Crippen LogP contribution in [0.3, 0.4) is 0 Å². The molecule has 1 rings (SSSR count). The molecule has 0 saturated heterocycles. The Labute approximate surface area is 70.7 Å². The molecule has 1 aromatic rings. The monoisotopic (exact) mass is 171 g/mol. The predicted molar refractivity (Wildman–Crippen MR) is 42.4 cm³/mol. The van der Waals surface area contributed by atoms with Gasteiger partial charge >= 0.3 is 0 Å². The molecule has 2 N–H and O–H groups in total. The normalized spacial score (nSPS) is 13.2. The summed E-state index contributed by atoms with van der Waals surface area (Å²) in [4.78, 5) is 1.41. The highest BCUT2D eigenvalue weighted by Gasteiger charge is 2.07. The van der Waals surface area contributed by atoms with Crippen LogP contribution < -0.4 is 5.73 Å². The van der Waals surface area contributed by atoms with Gasteiger partial charge in [0.1, 0.15) is 0 Å². The Kier molecular flexibility index (Phi) is 3.12. The van der Waals surface area contributed by atoms with Crippen LogP contribution in [0.1, 0.15) is 5.82 Å². The van der Waals surface area contributed by atoms with Gasteiger partial charge < -0.3 is 10.5 Å². The maximum Gasteiger partial charge on any atom is 0.176 e. The van der Waals surface area contributed by atoms with Crippen molar-refractivity contribution in [3.63, 3.8) is 0 Å². The Bertz CT molecular complexity index is 236. The van der Waals surface area contributed by atoms with E-state index in [1.165, 1.54) is 4.80 Å². The lowest BCUT2D eigenvalue weighted by Gasteiger charge is -2.05. The molecule has 1 heterocycles. The van der Waals surface area contributed by atoms with E-state index in [0.717, 1.165) is 0 Å². The molecular weight excluding hydrogens is 158 g/mol. The van der Waals surface area contributed by atoms with Crippen molar-refractivity contribution in [2.24, 2.45) is 12.8 Å². The summed E-state index contributed by atoms with van der Waals surface area (Å²) in [7, 11) is 3.34. The molecule has 1 atom stereocenters. The van der Waals surface area contributed by atoms with Gasteiger partial charge in [-0.2, -0.15) is 4.80 Å². The number of nitrogens with two attached hydrogens (primary N) is 1. The molecule has 0 bridgehead atoms. The average molecular weight is 171 g/mol. The van der Waals surface area contributed by atoms with Gasteiger partial charge in [0.15, 0.2) is 5.82 Å². The topological polar surface area (TPSA) is 78.9 Å². The Balaban J connectivity index is 2.41. The molecule has 0 aromatic carbocycles. The lowest BCUT2D eigenvalue weighted by atomic mass is 10.2. The summed E-state index contributed by atoms with van der Waals surface area (Å²) >= 11 is 0. The molecular formula is C6H13N5O. The number of ether oxygens (including phenoxy) is 1. The van der Waals surface area contributed by atoms with Crippen molar-refractivity contribution in [2.45, 2.75) is 12.5 Å². The average Bonchev–Trinajstić information content (AvgIpc) is 2.36. The quantitative estimate of drug-likeness (QED) is 0.610. The summed E-state index contributed by atoms with van der Waals surface area (Å²) in [5, 5.41) is 11.5. The van der Waals surface area contributed by atoms with Crippen molar-refractivity contribution < 1.29 is 4.74 Å². The van der Waals surface area contributed by atoms with Crippen molar-refractivity contribution in [1.29, 1.82) is 0 Å². The number of methoxy groups -OCH3 is 1. The van der Waals surface area contributed by atoms with Crippen LogP contribution >= 0.6 is 0 Å². The van der Waals surface area contributed by atoms with Gasteiger partial charge in [-0.05, 0) is 5.21 Å². The first-order valence-corrected chi connectivity index (χ1v) is 3.69. The standard InChI is InChI=1S/C6H13N5O/c1-11-9-6(8-10-11)3-5(7)4-12-2/h5H,3-4,7H2,1-2H3. The number of rotatable bonds is 4. The lowest BCUT2D eigenvalue weighted by molar-refractivity contribution is 0.179. The van der Waals surface area contributed by atoms with Gasteiger partial charge in [-0.15, -0.1) is 10.2 Å². The van der Waals surface area contributed by atoms with E-state index in [-0.39, 0.29) is 6.04 Å². The van der Waals surface area contributed by atoms with E-state index >= 15 is 0 Å². The van der Waals surface area contributed by atoms with E-state index in [1.54, 1.807) is 14.2 Å². The smallest absolute Gasteiger partial charge is 0.176 e. The van der Waals surface area contributed by atoms with Crippen LogP contribution in [0.2, 0.25) is 0 Å². The zero-order chi connectivity index (χ0) is 8.97. The molecule has 1 aromatic heterocycles. The van der Waals surface area contributed by atoms with E-state index in [4.69, 9.17) is 10.5 Å². The number of hydrogen-bond acceptors (Lipinski definition) is 5. The van der Waals surface area contributed by atoms with Crippen LogP contribution in [0.25, 0.3) is 0 Å². The summed E-state index contributed by atoms with van der Waals surface area (Å²) in [5.74, 6) is 0.655. The zero-order valence-electron chi connectivity index (χ0n) is 7.27. The molecule has 0 radical (unpaired) electrons. The minimum absolute atomic E-state index is 0.0563. The summed E-state index contributed by atoms with van der Waals surface area (Å²) in [6.45, 7) is 0.512. The summed E-state index contributed by atoms with van der Waals surface area (Å²) in [6, 6.07) is -0.0563. The first kappa shape index (κ1) is 9.08. The molecule has 68 valence electrons. The van der Waals surface area contributed by atoms with Gasteiger partial charge in [0.2, 0.25) is 0 Å². The van der Waals surface area contributed by atoms with Gasteiger partial charge in [-0.25, -0.2) is 0 Å². The third kappa shape index (κ3) is 2.55. The van der Waals surface area contributed by atoms with Gasteiger partial charge in [0, 0.05) is 19.6 Å². The largest absolute Gasteiger partial charge is 0.383 e. The summed E-state index contributed by atoms with van der Waals surface area (Å²) < 4.78 is 4.87. The maximum atomic E-state index is 5.68. The molecule has 0 saturated carbocycles. The van der Waals surface area contributed by atoms with Crippen molar-refractivity contribution in [2.75, 3.05) is 13.7 Å². The van der Waals surface area contributed by atoms with Gasteiger partial charge in [0.05, 0.1) is 13.7 Å². The number of aromatic nitrogens is 4. The Hall–Kier alpha value is -1.01. The van der Waals surface area contributed by atoms with E-state index in [0.29, 0.717) is 18.9 Å². The van der Waals surface area contributed by atoms with Crippen LogP contribution in [0.5, 0.6) is 0 Å². The first-order valence-electron chi connectivity index (χ1n) is 3.69. The van der Waals surface area contributed by atoms with Gasteiger partial charge in [-0.1, -0.05) is 0 Å². The molecule has 0 amide bonds. The highest BCUT2D eigenvalue weighted by Crippen LogP contribution is 1.91. The second-order valence-electron chi connectivity index (χ2n) is 2.61. The van der Waals surface area contributed by atoms with Crippen LogP contribution in [0.4, 0.5) is 0 Å².